The summed E-state index contributed by atoms with van der Waals surface area (Å²) >= 11 is 0. The van der Waals surface area contributed by atoms with Crippen LogP contribution >= 0.6 is 0 Å². The molecule has 1 fully saturated rings. The van der Waals surface area contributed by atoms with E-state index in [2.05, 4.69) is 4.90 Å². The summed E-state index contributed by atoms with van der Waals surface area (Å²) in [6, 6.07) is 5.83. The second-order valence-corrected chi connectivity index (χ2v) is 8.71. The quantitative estimate of drug-likeness (QED) is 0.670. The number of benzene rings is 1. The summed E-state index contributed by atoms with van der Waals surface area (Å²) in [5.41, 5.74) is 1.52. The van der Waals surface area contributed by atoms with Crippen LogP contribution in [-0.4, -0.2) is 55.3 Å². The summed E-state index contributed by atoms with van der Waals surface area (Å²) in [6.45, 7) is 11.8. The number of fused-ring (bicyclic) bond motifs is 1. The molecule has 2 aromatic rings. The number of aryl methyl sites for hydroxylation is 1. The fourth-order valence-corrected chi connectivity index (χ4v) is 4.05. The van der Waals surface area contributed by atoms with Gasteiger partial charge in [0.25, 0.3) is 0 Å². The van der Waals surface area contributed by atoms with Gasteiger partial charge in [-0.25, -0.2) is 9.59 Å². The molecule has 0 bridgehead atoms. The zero-order valence-corrected chi connectivity index (χ0v) is 18.8. The van der Waals surface area contributed by atoms with E-state index in [4.69, 9.17) is 13.9 Å². The topological polar surface area (TPSA) is 72.2 Å². The van der Waals surface area contributed by atoms with Gasteiger partial charge >= 0.3 is 12.1 Å². The lowest BCUT2D eigenvalue weighted by molar-refractivity contribution is 0.0149. The van der Waals surface area contributed by atoms with Crippen LogP contribution in [0.1, 0.15) is 56.7 Å². The first-order chi connectivity index (χ1) is 14.1. The van der Waals surface area contributed by atoms with Crippen molar-refractivity contribution in [3.63, 3.8) is 0 Å². The van der Waals surface area contributed by atoms with Crippen LogP contribution in [0, 0.1) is 6.92 Å². The van der Waals surface area contributed by atoms with E-state index in [0.29, 0.717) is 17.7 Å². The van der Waals surface area contributed by atoms with Crippen molar-refractivity contribution in [2.75, 3.05) is 31.6 Å². The molecule has 1 aliphatic rings. The van der Waals surface area contributed by atoms with Crippen LogP contribution in [0.2, 0.25) is 0 Å². The van der Waals surface area contributed by atoms with Gasteiger partial charge in [0, 0.05) is 36.7 Å². The first kappa shape index (κ1) is 22.0. The molecule has 1 amide bonds. The molecular weight excluding hydrogens is 384 g/mol. The van der Waals surface area contributed by atoms with E-state index in [1.54, 1.807) is 6.07 Å². The second-order valence-electron chi connectivity index (χ2n) is 8.71. The third-order valence-electron chi connectivity index (χ3n) is 5.40. The molecule has 1 saturated heterocycles. The Morgan fingerprint density at radius 2 is 1.90 bits per heavy atom. The Kier molecular flexibility index (Phi) is 6.29. The predicted octanol–water partition coefficient (Wildman–Crippen LogP) is 4.75. The Labute approximate surface area is 177 Å². The molecular formula is C23H32N2O5. The van der Waals surface area contributed by atoms with Gasteiger partial charge in [-0.15, -0.1) is 0 Å². The van der Waals surface area contributed by atoms with Crippen molar-refractivity contribution in [2.45, 2.75) is 59.1 Å². The van der Waals surface area contributed by atoms with Gasteiger partial charge in [0.1, 0.15) is 16.9 Å². The summed E-state index contributed by atoms with van der Waals surface area (Å²) in [7, 11) is 1.37. The standard InChI is InChI=1S/C23H32N2O5/c1-7-25(22(27)30-23(3,4)5)16-10-12-24(13-11-16)19-9-8-17(21(26)28-6)20-18(19)14-15(2)29-20/h8-9,14,16H,7,10-13H2,1-6H3. The van der Waals surface area contributed by atoms with E-state index in [1.807, 2.05) is 51.7 Å². The molecule has 0 saturated carbocycles. The van der Waals surface area contributed by atoms with Gasteiger partial charge in [0.2, 0.25) is 0 Å². The fraction of sp³-hybridized carbons (Fsp3) is 0.565. The molecule has 1 aliphatic heterocycles. The van der Waals surface area contributed by atoms with Crippen LogP contribution in [0.15, 0.2) is 22.6 Å². The van der Waals surface area contributed by atoms with Gasteiger partial charge in [0.05, 0.1) is 7.11 Å². The van der Waals surface area contributed by atoms with E-state index >= 15 is 0 Å². The summed E-state index contributed by atoms with van der Waals surface area (Å²) < 4.78 is 16.3. The number of carbonyl (C=O) groups is 2. The van der Waals surface area contributed by atoms with Crippen molar-refractivity contribution < 1.29 is 23.5 Å². The van der Waals surface area contributed by atoms with Gasteiger partial charge in [-0.1, -0.05) is 0 Å². The number of esters is 1. The maximum absolute atomic E-state index is 12.6. The molecule has 0 aliphatic carbocycles. The third-order valence-corrected chi connectivity index (χ3v) is 5.40. The molecule has 0 radical (unpaired) electrons. The number of hydrogen-bond acceptors (Lipinski definition) is 6. The number of ether oxygens (including phenoxy) is 2. The molecule has 1 aromatic carbocycles. The highest BCUT2D eigenvalue weighted by Crippen LogP contribution is 2.34. The zero-order chi connectivity index (χ0) is 22.1. The molecule has 7 heteroatoms. The average molecular weight is 417 g/mol. The van der Waals surface area contributed by atoms with Crippen molar-refractivity contribution in [2.24, 2.45) is 0 Å². The first-order valence-corrected chi connectivity index (χ1v) is 10.5. The Balaban J connectivity index is 1.77. The summed E-state index contributed by atoms with van der Waals surface area (Å²) in [5.74, 6) is 0.343. The molecule has 1 aromatic heterocycles. The van der Waals surface area contributed by atoms with E-state index in [1.165, 1.54) is 7.11 Å². The maximum Gasteiger partial charge on any atom is 0.410 e. The van der Waals surface area contributed by atoms with Crippen LogP contribution < -0.4 is 4.90 Å². The molecule has 164 valence electrons. The van der Waals surface area contributed by atoms with Crippen molar-refractivity contribution in [1.82, 2.24) is 4.90 Å². The second kappa shape index (κ2) is 8.58. The largest absolute Gasteiger partial charge is 0.465 e. The summed E-state index contributed by atoms with van der Waals surface area (Å²) in [6.07, 6.45) is 1.45. The molecule has 3 rings (SSSR count). The van der Waals surface area contributed by atoms with Gasteiger partial charge in [-0.3, -0.25) is 0 Å². The minimum absolute atomic E-state index is 0.150. The van der Waals surface area contributed by atoms with E-state index in [9.17, 15) is 9.59 Å². The maximum atomic E-state index is 12.6. The highest BCUT2D eigenvalue weighted by Gasteiger charge is 2.31. The fourth-order valence-electron chi connectivity index (χ4n) is 4.05. The van der Waals surface area contributed by atoms with Crippen LogP contribution in [-0.2, 0) is 9.47 Å². The predicted molar refractivity (Wildman–Crippen MR) is 116 cm³/mol. The normalized spacial score (nSPS) is 15.3. The lowest BCUT2D eigenvalue weighted by Crippen LogP contribution is -2.48. The number of anilines is 1. The molecule has 0 atom stereocenters. The SMILES string of the molecule is CCN(C(=O)OC(C)(C)C)C1CCN(c2ccc(C(=O)OC)c3oc(C)cc23)CC1. The number of furan rings is 1. The number of rotatable bonds is 4. The van der Waals surface area contributed by atoms with Crippen molar-refractivity contribution in [3.8, 4) is 0 Å². The van der Waals surface area contributed by atoms with Gasteiger partial charge in [-0.05, 0) is 65.7 Å². The smallest absolute Gasteiger partial charge is 0.410 e. The Morgan fingerprint density at radius 3 is 2.47 bits per heavy atom. The lowest BCUT2D eigenvalue weighted by atomic mass is 10.0. The Morgan fingerprint density at radius 1 is 1.23 bits per heavy atom. The zero-order valence-electron chi connectivity index (χ0n) is 18.8. The highest BCUT2D eigenvalue weighted by atomic mass is 16.6. The van der Waals surface area contributed by atoms with E-state index in [-0.39, 0.29) is 12.1 Å². The van der Waals surface area contributed by atoms with Gasteiger partial charge < -0.3 is 23.7 Å². The average Bonchev–Trinajstić information content (AvgIpc) is 3.07. The Hall–Kier alpha value is -2.70. The summed E-state index contributed by atoms with van der Waals surface area (Å²) in [5, 5.41) is 0.910. The van der Waals surface area contributed by atoms with Gasteiger partial charge in [-0.2, -0.15) is 0 Å². The minimum atomic E-state index is -0.503. The molecule has 0 N–H and O–H groups in total. The van der Waals surface area contributed by atoms with Crippen molar-refractivity contribution in [3.05, 3.63) is 29.5 Å². The monoisotopic (exact) mass is 416 g/mol. The highest BCUT2D eigenvalue weighted by molar-refractivity contribution is 6.06. The van der Waals surface area contributed by atoms with E-state index < -0.39 is 11.6 Å². The van der Waals surface area contributed by atoms with Gasteiger partial charge in [0.15, 0.2) is 5.58 Å². The first-order valence-electron chi connectivity index (χ1n) is 10.5. The molecule has 0 unspecified atom stereocenters. The molecule has 0 spiro atoms. The van der Waals surface area contributed by atoms with Crippen molar-refractivity contribution in [1.29, 1.82) is 0 Å². The number of piperidine rings is 1. The van der Waals surface area contributed by atoms with Crippen LogP contribution in [0.25, 0.3) is 11.0 Å². The Bertz CT molecular complexity index is 920. The molecule has 30 heavy (non-hydrogen) atoms. The molecule has 2 heterocycles. The van der Waals surface area contributed by atoms with Crippen molar-refractivity contribution >= 4 is 28.7 Å². The number of methoxy groups -OCH3 is 1. The van der Waals surface area contributed by atoms with Crippen LogP contribution in [0.3, 0.4) is 0 Å². The van der Waals surface area contributed by atoms with Crippen LogP contribution in [0.4, 0.5) is 10.5 Å². The number of hydrogen-bond donors (Lipinski definition) is 0. The number of nitrogens with zero attached hydrogens (tertiary/aromatic N) is 2. The minimum Gasteiger partial charge on any atom is -0.465 e. The molecule has 7 nitrogen and oxygen atoms in total. The third kappa shape index (κ3) is 4.55. The summed E-state index contributed by atoms with van der Waals surface area (Å²) in [4.78, 5) is 28.8. The number of amides is 1. The van der Waals surface area contributed by atoms with E-state index in [0.717, 1.165) is 42.8 Å². The number of carbonyl (C=O) groups excluding carboxylic acids is 2. The van der Waals surface area contributed by atoms with Crippen LogP contribution in [0.5, 0.6) is 0 Å². The lowest BCUT2D eigenvalue weighted by Gasteiger charge is -2.39.